The van der Waals surface area contributed by atoms with Crippen LogP contribution in [0, 0.1) is 5.92 Å². The van der Waals surface area contributed by atoms with E-state index in [9.17, 15) is 4.79 Å². The zero-order chi connectivity index (χ0) is 7.44. The minimum Gasteiger partial charge on any atom is -0.481 e. The van der Waals surface area contributed by atoms with Crippen molar-refractivity contribution in [3.8, 4) is 0 Å². The molecule has 1 N–H and O–H groups in total. The molecule has 0 aromatic carbocycles. The first kappa shape index (κ1) is 8.21. The van der Waals surface area contributed by atoms with Crippen LogP contribution in [0.5, 0.6) is 0 Å². The van der Waals surface area contributed by atoms with Crippen LogP contribution in [0.1, 0.15) is 20.8 Å². The summed E-state index contributed by atoms with van der Waals surface area (Å²) in [4.78, 5) is 10.3. The second-order valence-corrected chi connectivity index (χ2v) is 2.09. The van der Waals surface area contributed by atoms with Gasteiger partial charge in [0.25, 0.3) is 0 Å². The summed E-state index contributed by atoms with van der Waals surface area (Å²) >= 11 is 0. The fourth-order valence-corrected chi connectivity index (χ4v) is 0.445. The third-order valence-electron chi connectivity index (χ3n) is 1.51. The predicted octanol–water partition coefficient (Wildman–Crippen LogP) is 1.67. The standard InChI is InChI=1S/C7H12O2/c1-4-5(2)6(3)7(8)9/h4,6H,1-3H3,(H,8,9)/b5-4-. The van der Waals surface area contributed by atoms with Crippen molar-refractivity contribution in [2.75, 3.05) is 0 Å². The Hall–Kier alpha value is -0.790. The lowest BCUT2D eigenvalue weighted by molar-refractivity contribution is -0.139. The Bertz CT molecular complexity index is 136. The SMILES string of the molecule is C/C=C(/C)C(C)C(=O)O. The van der Waals surface area contributed by atoms with Crippen LogP contribution in [0.3, 0.4) is 0 Å². The molecule has 0 rings (SSSR count). The summed E-state index contributed by atoms with van der Waals surface area (Å²) in [6.07, 6.45) is 1.82. The summed E-state index contributed by atoms with van der Waals surface area (Å²) in [5.41, 5.74) is 0.905. The van der Waals surface area contributed by atoms with E-state index in [1.54, 1.807) is 6.92 Å². The van der Waals surface area contributed by atoms with Gasteiger partial charge < -0.3 is 5.11 Å². The van der Waals surface area contributed by atoms with Gasteiger partial charge in [-0.2, -0.15) is 0 Å². The largest absolute Gasteiger partial charge is 0.481 e. The molecule has 0 aliphatic heterocycles. The Morgan fingerprint density at radius 1 is 1.67 bits per heavy atom. The maximum atomic E-state index is 10.3. The molecule has 0 saturated heterocycles. The quantitative estimate of drug-likeness (QED) is 0.574. The van der Waals surface area contributed by atoms with E-state index in [1.807, 2.05) is 19.9 Å². The third-order valence-corrected chi connectivity index (χ3v) is 1.51. The normalized spacial score (nSPS) is 15.2. The van der Waals surface area contributed by atoms with Crippen LogP contribution in [0.15, 0.2) is 11.6 Å². The van der Waals surface area contributed by atoms with E-state index in [1.165, 1.54) is 0 Å². The third kappa shape index (κ3) is 2.31. The smallest absolute Gasteiger partial charge is 0.310 e. The average molecular weight is 128 g/mol. The van der Waals surface area contributed by atoms with Gasteiger partial charge in [0.1, 0.15) is 0 Å². The van der Waals surface area contributed by atoms with Crippen molar-refractivity contribution in [2.24, 2.45) is 5.92 Å². The van der Waals surface area contributed by atoms with Gasteiger partial charge in [0.15, 0.2) is 0 Å². The van der Waals surface area contributed by atoms with Crippen LogP contribution in [-0.4, -0.2) is 11.1 Å². The second-order valence-electron chi connectivity index (χ2n) is 2.09. The summed E-state index contributed by atoms with van der Waals surface area (Å²) in [5.74, 6) is -1.10. The molecular weight excluding hydrogens is 116 g/mol. The topological polar surface area (TPSA) is 37.3 Å². The van der Waals surface area contributed by atoms with Crippen LogP contribution in [0.2, 0.25) is 0 Å². The van der Waals surface area contributed by atoms with E-state index in [-0.39, 0.29) is 5.92 Å². The molecule has 0 amide bonds. The van der Waals surface area contributed by atoms with E-state index in [2.05, 4.69) is 0 Å². The predicted molar refractivity (Wildman–Crippen MR) is 36.2 cm³/mol. The lowest BCUT2D eigenvalue weighted by atomic mass is 10.0. The molecule has 0 spiro atoms. The number of aliphatic carboxylic acids is 1. The van der Waals surface area contributed by atoms with Gasteiger partial charge in [0, 0.05) is 0 Å². The monoisotopic (exact) mass is 128 g/mol. The molecule has 0 saturated carbocycles. The zero-order valence-corrected chi connectivity index (χ0v) is 6.01. The number of allylic oxidation sites excluding steroid dienone is 1. The van der Waals surface area contributed by atoms with Crippen molar-refractivity contribution in [2.45, 2.75) is 20.8 Å². The van der Waals surface area contributed by atoms with Crippen molar-refractivity contribution in [3.05, 3.63) is 11.6 Å². The van der Waals surface area contributed by atoms with Crippen LogP contribution < -0.4 is 0 Å². The molecular formula is C7H12O2. The summed E-state index contributed by atoms with van der Waals surface area (Å²) in [7, 11) is 0. The van der Waals surface area contributed by atoms with Gasteiger partial charge in [-0.3, -0.25) is 4.79 Å². The van der Waals surface area contributed by atoms with Crippen molar-refractivity contribution in [1.82, 2.24) is 0 Å². The number of carboxylic acids is 1. The van der Waals surface area contributed by atoms with Gasteiger partial charge >= 0.3 is 5.97 Å². The molecule has 1 atom stereocenters. The summed E-state index contributed by atoms with van der Waals surface area (Å²) < 4.78 is 0. The highest BCUT2D eigenvalue weighted by Crippen LogP contribution is 2.07. The molecule has 2 heteroatoms. The van der Waals surface area contributed by atoms with E-state index in [0.29, 0.717) is 0 Å². The Labute approximate surface area is 55.2 Å². The molecule has 0 aliphatic rings. The van der Waals surface area contributed by atoms with Gasteiger partial charge in [-0.15, -0.1) is 0 Å². The summed E-state index contributed by atoms with van der Waals surface area (Å²) in [5, 5.41) is 8.44. The van der Waals surface area contributed by atoms with Gasteiger partial charge in [-0.1, -0.05) is 11.6 Å². The average Bonchev–Trinajstić information content (AvgIpc) is 1.84. The highest BCUT2D eigenvalue weighted by Gasteiger charge is 2.10. The Kier molecular flexibility index (Phi) is 2.99. The van der Waals surface area contributed by atoms with E-state index in [4.69, 9.17) is 5.11 Å². The van der Waals surface area contributed by atoms with E-state index in [0.717, 1.165) is 5.57 Å². The Balaban J connectivity index is 4.04. The molecule has 0 heterocycles. The molecule has 9 heavy (non-hydrogen) atoms. The highest BCUT2D eigenvalue weighted by atomic mass is 16.4. The number of carboxylic acid groups (broad SMARTS) is 1. The molecule has 0 aliphatic carbocycles. The molecule has 52 valence electrons. The minimum atomic E-state index is -0.759. The first-order chi connectivity index (χ1) is 4.09. The molecule has 0 radical (unpaired) electrons. The Morgan fingerprint density at radius 2 is 2.11 bits per heavy atom. The van der Waals surface area contributed by atoms with Crippen LogP contribution in [0.25, 0.3) is 0 Å². The molecule has 2 nitrogen and oxygen atoms in total. The first-order valence-corrected chi connectivity index (χ1v) is 2.95. The van der Waals surface area contributed by atoms with Gasteiger partial charge in [-0.25, -0.2) is 0 Å². The minimum absolute atomic E-state index is 0.338. The van der Waals surface area contributed by atoms with E-state index < -0.39 is 5.97 Å². The molecule has 0 bridgehead atoms. The number of hydrogen-bond donors (Lipinski definition) is 1. The van der Waals surface area contributed by atoms with Crippen LogP contribution in [0.4, 0.5) is 0 Å². The Morgan fingerprint density at radius 3 is 2.22 bits per heavy atom. The van der Waals surface area contributed by atoms with Crippen molar-refractivity contribution in [3.63, 3.8) is 0 Å². The van der Waals surface area contributed by atoms with Crippen LogP contribution in [-0.2, 0) is 4.79 Å². The van der Waals surface area contributed by atoms with Gasteiger partial charge in [0.2, 0.25) is 0 Å². The van der Waals surface area contributed by atoms with Crippen molar-refractivity contribution in [1.29, 1.82) is 0 Å². The van der Waals surface area contributed by atoms with Crippen LogP contribution >= 0.6 is 0 Å². The molecule has 1 unspecified atom stereocenters. The molecule has 0 fully saturated rings. The number of carbonyl (C=O) groups is 1. The maximum absolute atomic E-state index is 10.3. The van der Waals surface area contributed by atoms with Gasteiger partial charge in [-0.05, 0) is 20.8 Å². The lowest BCUT2D eigenvalue weighted by Gasteiger charge is -2.03. The maximum Gasteiger partial charge on any atom is 0.310 e. The van der Waals surface area contributed by atoms with Crippen molar-refractivity contribution < 1.29 is 9.90 Å². The summed E-state index contributed by atoms with van der Waals surface area (Å²) in [6.45, 7) is 5.34. The zero-order valence-electron chi connectivity index (χ0n) is 6.01. The summed E-state index contributed by atoms with van der Waals surface area (Å²) in [6, 6.07) is 0. The highest BCUT2D eigenvalue weighted by molar-refractivity contribution is 5.72. The fourth-order valence-electron chi connectivity index (χ4n) is 0.445. The fraction of sp³-hybridized carbons (Fsp3) is 0.571. The molecule has 0 aromatic rings. The lowest BCUT2D eigenvalue weighted by Crippen LogP contribution is -2.09. The number of rotatable bonds is 2. The van der Waals surface area contributed by atoms with Crippen molar-refractivity contribution >= 4 is 5.97 Å². The molecule has 0 aromatic heterocycles. The van der Waals surface area contributed by atoms with E-state index >= 15 is 0 Å². The second kappa shape index (κ2) is 3.28. The van der Waals surface area contributed by atoms with Gasteiger partial charge in [0.05, 0.1) is 5.92 Å². The number of hydrogen-bond acceptors (Lipinski definition) is 1. The first-order valence-electron chi connectivity index (χ1n) is 2.95.